The lowest BCUT2D eigenvalue weighted by Crippen LogP contribution is -2.42. The molecule has 1 aromatic rings. The highest BCUT2D eigenvalue weighted by Gasteiger charge is 2.38. The number of aldehydes is 1. The summed E-state index contributed by atoms with van der Waals surface area (Å²) >= 11 is 9.33. The van der Waals surface area contributed by atoms with Crippen LogP contribution in [0.4, 0.5) is 10.1 Å². The molecule has 1 unspecified atom stereocenters. The van der Waals surface area contributed by atoms with Gasteiger partial charge in [-0.05, 0) is 53.2 Å². The Kier molecular flexibility index (Phi) is 5.11. The predicted molar refractivity (Wildman–Crippen MR) is 104 cm³/mol. The second kappa shape index (κ2) is 7.39. The minimum atomic E-state index is -0.780. The van der Waals surface area contributed by atoms with Gasteiger partial charge >= 0.3 is 0 Å². The van der Waals surface area contributed by atoms with Crippen LogP contribution in [-0.4, -0.2) is 42.2 Å². The Morgan fingerprint density at radius 2 is 2.19 bits per heavy atom. The molecule has 1 saturated heterocycles. The summed E-state index contributed by atoms with van der Waals surface area (Å²) in [4.78, 5) is 27.2. The quantitative estimate of drug-likeness (QED) is 0.545. The van der Waals surface area contributed by atoms with Crippen LogP contribution in [-0.2, 0) is 9.59 Å². The lowest BCUT2D eigenvalue weighted by Gasteiger charge is -2.26. The zero-order valence-electron chi connectivity index (χ0n) is 14.5. The first-order valence-corrected chi connectivity index (χ1v) is 10.1. The first-order chi connectivity index (χ1) is 13.0. The maximum Gasteiger partial charge on any atom is 0.225 e. The van der Waals surface area contributed by atoms with Crippen molar-refractivity contribution in [2.24, 2.45) is 16.9 Å². The number of hydrogen-bond acceptors (Lipinski definition) is 5. The zero-order chi connectivity index (χ0) is 19.1. The molecule has 1 aromatic carbocycles. The molecule has 2 aliphatic heterocycles. The van der Waals surface area contributed by atoms with Crippen LogP contribution in [0, 0.1) is 17.7 Å². The Bertz CT molecular complexity index is 817. The van der Waals surface area contributed by atoms with E-state index in [9.17, 15) is 14.0 Å². The molecule has 1 amide bonds. The van der Waals surface area contributed by atoms with Crippen molar-refractivity contribution in [3.05, 3.63) is 27.4 Å². The minimum absolute atomic E-state index is 0.202. The number of hydrogen-bond donors (Lipinski definition) is 1. The van der Waals surface area contributed by atoms with E-state index in [1.54, 1.807) is 4.90 Å². The Balaban J connectivity index is 1.51. The summed E-state index contributed by atoms with van der Waals surface area (Å²) in [5.41, 5.74) is 2.95. The fourth-order valence-corrected chi connectivity index (χ4v) is 4.15. The summed E-state index contributed by atoms with van der Waals surface area (Å²) in [7, 11) is 0. The number of nitrogens with one attached hydrogen (secondary N) is 1. The molecule has 0 aromatic heterocycles. The molecule has 0 bridgehead atoms. The van der Waals surface area contributed by atoms with Crippen LogP contribution in [0.25, 0.3) is 0 Å². The fraction of sp³-hybridized carbons (Fsp3) is 0.500. The Morgan fingerprint density at radius 1 is 1.41 bits per heavy atom. The van der Waals surface area contributed by atoms with Gasteiger partial charge in [0.25, 0.3) is 0 Å². The van der Waals surface area contributed by atoms with Gasteiger partial charge in [-0.1, -0.05) is 11.6 Å². The van der Waals surface area contributed by atoms with Gasteiger partial charge in [0.1, 0.15) is 11.7 Å². The van der Waals surface area contributed by atoms with Gasteiger partial charge in [-0.25, -0.2) is 4.39 Å². The molecule has 1 saturated carbocycles. The van der Waals surface area contributed by atoms with Gasteiger partial charge in [0.2, 0.25) is 5.91 Å². The van der Waals surface area contributed by atoms with Crippen molar-refractivity contribution < 1.29 is 14.0 Å². The normalized spacial score (nSPS) is 24.8. The number of rotatable bonds is 5. The molecule has 27 heavy (non-hydrogen) atoms. The standard InChI is InChI=1S/C18H19BrClFN4O2/c19-12-6-14(21)15(7-13(12)20)25-16(22-23-17(25)9-26)5-10-3-4-24(8-10)18(27)11-1-2-11/h6-7,9-11,17,23H,1-5,8H2/t10-,17?/m0/s1. The number of anilines is 1. The molecule has 2 atom stereocenters. The molecular formula is C18H19BrClFN4O2. The summed E-state index contributed by atoms with van der Waals surface area (Å²) in [6.45, 7) is 1.42. The van der Waals surface area contributed by atoms with Gasteiger partial charge in [-0.3, -0.25) is 19.9 Å². The predicted octanol–water partition coefficient (Wildman–Crippen LogP) is 3.14. The number of carbonyl (C=O) groups is 2. The van der Waals surface area contributed by atoms with Crippen LogP contribution in [0.3, 0.4) is 0 Å². The molecule has 3 aliphatic rings. The lowest BCUT2D eigenvalue weighted by atomic mass is 10.0. The van der Waals surface area contributed by atoms with Gasteiger partial charge in [0.05, 0.1) is 10.7 Å². The van der Waals surface area contributed by atoms with Gasteiger partial charge in [-0.2, -0.15) is 5.10 Å². The molecule has 144 valence electrons. The van der Waals surface area contributed by atoms with Gasteiger partial charge in [0.15, 0.2) is 12.5 Å². The Morgan fingerprint density at radius 3 is 2.89 bits per heavy atom. The Labute approximate surface area is 169 Å². The number of amides is 1. The van der Waals surface area contributed by atoms with E-state index in [4.69, 9.17) is 11.6 Å². The van der Waals surface area contributed by atoms with Crippen LogP contribution >= 0.6 is 27.5 Å². The highest BCUT2D eigenvalue weighted by molar-refractivity contribution is 9.10. The monoisotopic (exact) mass is 456 g/mol. The second-order valence-electron chi connectivity index (χ2n) is 7.24. The highest BCUT2D eigenvalue weighted by atomic mass is 79.9. The molecule has 1 aliphatic carbocycles. The van der Waals surface area contributed by atoms with Gasteiger partial charge in [-0.15, -0.1) is 0 Å². The largest absolute Gasteiger partial charge is 0.342 e. The van der Waals surface area contributed by atoms with Crippen LogP contribution in [0.2, 0.25) is 5.02 Å². The number of amidine groups is 1. The zero-order valence-corrected chi connectivity index (χ0v) is 16.8. The smallest absolute Gasteiger partial charge is 0.225 e. The number of benzene rings is 1. The van der Waals surface area contributed by atoms with Crippen molar-refractivity contribution in [1.82, 2.24) is 10.3 Å². The van der Waals surface area contributed by atoms with E-state index in [0.717, 1.165) is 25.8 Å². The first kappa shape index (κ1) is 18.7. The molecule has 0 radical (unpaired) electrons. The number of halogens is 3. The maximum absolute atomic E-state index is 14.6. The van der Waals surface area contributed by atoms with Gasteiger partial charge < -0.3 is 4.90 Å². The van der Waals surface area contributed by atoms with Crippen molar-refractivity contribution in [3.8, 4) is 0 Å². The Hall–Kier alpha value is -1.67. The number of hydrazone groups is 1. The molecule has 2 heterocycles. The average Bonchev–Trinajstić information content (AvgIpc) is 3.27. The molecule has 1 N–H and O–H groups in total. The van der Waals surface area contributed by atoms with Crippen LogP contribution in [0.1, 0.15) is 25.7 Å². The van der Waals surface area contributed by atoms with Crippen molar-refractivity contribution in [1.29, 1.82) is 0 Å². The first-order valence-electron chi connectivity index (χ1n) is 8.98. The molecular weight excluding hydrogens is 439 g/mol. The molecule has 0 spiro atoms. The number of carbonyl (C=O) groups excluding carboxylic acids is 2. The lowest BCUT2D eigenvalue weighted by molar-refractivity contribution is -0.131. The second-order valence-corrected chi connectivity index (χ2v) is 8.50. The molecule has 6 nitrogen and oxygen atoms in total. The van der Waals surface area contributed by atoms with Crippen molar-refractivity contribution in [3.63, 3.8) is 0 Å². The summed E-state index contributed by atoms with van der Waals surface area (Å²) in [5, 5.41) is 4.61. The van der Waals surface area contributed by atoms with Crippen molar-refractivity contribution >= 4 is 51.2 Å². The highest BCUT2D eigenvalue weighted by Crippen LogP contribution is 2.35. The van der Waals surface area contributed by atoms with Crippen molar-refractivity contribution in [2.75, 3.05) is 18.0 Å². The molecule has 9 heteroatoms. The van der Waals surface area contributed by atoms with E-state index < -0.39 is 12.0 Å². The van der Waals surface area contributed by atoms with E-state index >= 15 is 0 Å². The molecule has 2 fully saturated rings. The van der Waals surface area contributed by atoms with Crippen LogP contribution in [0.15, 0.2) is 21.7 Å². The summed E-state index contributed by atoms with van der Waals surface area (Å²) in [6, 6.07) is 2.76. The maximum atomic E-state index is 14.6. The minimum Gasteiger partial charge on any atom is -0.342 e. The molecule has 4 rings (SSSR count). The third-order valence-electron chi connectivity index (χ3n) is 5.26. The van der Waals surface area contributed by atoms with E-state index in [1.807, 2.05) is 4.90 Å². The van der Waals surface area contributed by atoms with Gasteiger partial charge in [0, 0.05) is 29.9 Å². The third-order valence-corrected chi connectivity index (χ3v) is 6.45. The number of likely N-dealkylation sites (tertiary alicyclic amines) is 1. The number of nitrogens with zero attached hydrogens (tertiary/aromatic N) is 3. The van der Waals surface area contributed by atoms with E-state index in [2.05, 4.69) is 26.5 Å². The van der Waals surface area contributed by atoms with E-state index in [-0.39, 0.29) is 23.4 Å². The summed E-state index contributed by atoms with van der Waals surface area (Å²) in [5.74, 6) is 0.776. The SMILES string of the molecule is O=CC1NN=C(C[C@@H]2CCN(C(=O)C3CC3)C2)N1c1cc(Cl)c(Br)cc1F. The topological polar surface area (TPSA) is 65.0 Å². The van der Waals surface area contributed by atoms with Crippen LogP contribution in [0.5, 0.6) is 0 Å². The fourth-order valence-electron chi connectivity index (χ4n) is 3.68. The van der Waals surface area contributed by atoms with Crippen molar-refractivity contribution in [2.45, 2.75) is 31.8 Å². The average molecular weight is 458 g/mol. The summed E-state index contributed by atoms with van der Waals surface area (Å²) < 4.78 is 15.0. The van der Waals surface area contributed by atoms with Crippen LogP contribution < -0.4 is 10.3 Å². The third kappa shape index (κ3) is 3.69. The van der Waals surface area contributed by atoms with E-state index in [0.29, 0.717) is 34.6 Å². The van der Waals surface area contributed by atoms with E-state index in [1.165, 1.54) is 12.1 Å². The summed E-state index contributed by atoms with van der Waals surface area (Å²) in [6.07, 6.45) is 3.32.